The lowest BCUT2D eigenvalue weighted by molar-refractivity contribution is 0.423. The van der Waals surface area contributed by atoms with E-state index in [0.717, 1.165) is 30.7 Å². The molecule has 1 atom stereocenters. The molecule has 0 saturated carbocycles. The van der Waals surface area contributed by atoms with Crippen molar-refractivity contribution in [1.29, 1.82) is 0 Å². The Bertz CT molecular complexity index is 496. The van der Waals surface area contributed by atoms with E-state index in [1.807, 2.05) is 18.8 Å². The third kappa shape index (κ3) is 7.40. The SMILES string of the molecule is CCCCC(CCC)CNC(=NC)NCc1c(C)nn(C)c1C.I. The Kier molecular flexibility index (Phi) is 12.1. The van der Waals surface area contributed by atoms with E-state index < -0.39 is 0 Å². The number of aromatic nitrogens is 2. The summed E-state index contributed by atoms with van der Waals surface area (Å²) >= 11 is 0. The first-order valence-corrected chi connectivity index (χ1v) is 8.96. The Labute approximate surface area is 165 Å². The molecule has 1 aromatic heterocycles. The number of nitrogens with zero attached hydrogens (tertiary/aromatic N) is 3. The Hall–Kier alpha value is -0.790. The molecule has 1 aromatic rings. The van der Waals surface area contributed by atoms with Crippen LogP contribution < -0.4 is 10.6 Å². The van der Waals surface area contributed by atoms with E-state index in [-0.39, 0.29) is 24.0 Å². The van der Waals surface area contributed by atoms with E-state index in [0.29, 0.717) is 0 Å². The predicted molar refractivity (Wildman–Crippen MR) is 114 cm³/mol. The van der Waals surface area contributed by atoms with E-state index in [2.05, 4.69) is 48.4 Å². The van der Waals surface area contributed by atoms with Crippen molar-refractivity contribution in [3.63, 3.8) is 0 Å². The molecule has 0 aliphatic heterocycles. The molecule has 0 spiro atoms. The van der Waals surface area contributed by atoms with Crippen molar-refractivity contribution >= 4 is 29.9 Å². The van der Waals surface area contributed by atoms with Crippen LogP contribution in [-0.2, 0) is 13.6 Å². The van der Waals surface area contributed by atoms with Gasteiger partial charge in [0.25, 0.3) is 0 Å². The van der Waals surface area contributed by atoms with Gasteiger partial charge in [0.05, 0.1) is 5.69 Å². The molecule has 5 nitrogen and oxygen atoms in total. The smallest absolute Gasteiger partial charge is 0.191 e. The molecule has 0 aromatic carbocycles. The number of aryl methyl sites for hydroxylation is 2. The minimum absolute atomic E-state index is 0. The van der Waals surface area contributed by atoms with E-state index in [9.17, 15) is 0 Å². The van der Waals surface area contributed by atoms with Crippen LogP contribution in [0.15, 0.2) is 4.99 Å². The fourth-order valence-electron chi connectivity index (χ4n) is 2.96. The van der Waals surface area contributed by atoms with E-state index in [1.165, 1.54) is 43.4 Å². The van der Waals surface area contributed by atoms with Crippen LogP contribution in [0.4, 0.5) is 0 Å². The number of nitrogens with one attached hydrogen (secondary N) is 2. The van der Waals surface area contributed by atoms with Crippen molar-refractivity contribution < 1.29 is 0 Å². The minimum atomic E-state index is 0. The summed E-state index contributed by atoms with van der Waals surface area (Å²) in [5.74, 6) is 1.62. The highest BCUT2D eigenvalue weighted by molar-refractivity contribution is 14.0. The Morgan fingerprint density at radius 2 is 1.88 bits per heavy atom. The molecule has 0 fully saturated rings. The van der Waals surface area contributed by atoms with Gasteiger partial charge >= 0.3 is 0 Å². The summed E-state index contributed by atoms with van der Waals surface area (Å²) in [7, 11) is 3.82. The first-order valence-electron chi connectivity index (χ1n) is 8.96. The second-order valence-corrected chi connectivity index (χ2v) is 6.38. The topological polar surface area (TPSA) is 54.2 Å². The van der Waals surface area contributed by atoms with Gasteiger partial charge in [0, 0.05) is 38.4 Å². The monoisotopic (exact) mass is 449 g/mol. The zero-order chi connectivity index (χ0) is 17.2. The molecule has 140 valence electrons. The van der Waals surface area contributed by atoms with Gasteiger partial charge in [-0.3, -0.25) is 9.67 Å². The second kappa shape index (κ2) is 12.6. The Morgan fingerprint density at radius 3 is 2.38 bits per heavy atom. The third-order valence-corrected chi connectivity index (χ3v) is 4.54. The van der Waals surface area contributed by atoms with Crippen LogP contribution in [0.25, 0.3) is 0 Å². The van der Waals surface area contributed by atoms with Crippen LogP contribution in [0.5, 0.6) is 0 Å². The zero-order valence-electron chi connectivity index (χ0n) is 16.3. The lowest BCUT2D eigenvalue weighted by Gasteiger charge is -2.19. The number of hydrogen-bond acceptors (Lipinski definition) is 2. The third-order valence-electron chi connectivity index (χ3n) is 4.54. The average molecular weight is 449 g/mol. The van der Waals surface area contributed by atoms with Crippen molar-refractivity contribution in [1.82, 2.24) is 20.4 Å². The molecule has 0 aliphatic rings. The highest BCUT2D eigenvalue weighted by Crippen LogP contribution is 2.14. The number of aliphatic imine (C=N–C) groups is 1. The largest absolute Gasteiger partial charge is 0.356 e. The summed E-state index contributed by atoms with van der Waals surface area (Å²) in [6, 6.07) is 0. The summed E-state index contributed by atoms with van der Waals surface area (Å²) in [6.45, 7) is 10.4. The molecule has 24 heavy (non-hydrogen) atoms. The van der Waals surface area contributed by atoms with Gasteiger partial charge in [-0.15, -0.1) is 24.0 Å². The number of guanidine groups is 1. The maximum Gasteiger partial charge on any atom is 0.191 e. The van der Waals surface area contributed by atoms with Gasteiger partial charge < -0.3 is 10.6 Å². The van der Waals surface area contributed by atoms with E-state index in [4.69, 9.17) is 0 Å². The molecule has 6 heteroatoms. The first kappa shape index (κ1) is 23.2. The summed E-state index contributed by atoms with van der Waals surface area (Å²) in [5.41, 5.74) is 3.54. The molecule has 1 rings (SSSR count). The molecule has 2 N–H and O–H groups in total. The van der Waals surface area contributed by atoms with Crippen molar-refractivity contribution in [3.8, 4) is 0 Å². The highest BCUT2D eigenvalue weighted by Gasteiger charge is 2.11. The van der Waals surface area contributed by atoms with Gasteiger partial charge in [-0.05, 0) is 32.6 Å². The summed E-state index contributed by atoms with van der Waals surface area (Å²) in [6.07, 6.45) is 6.41. The lowest BCUT2D eigenvalue weighted by atomic mass is 9.97. The Morgan fingerprint density at radius 1 is 1.17 bits per heavy atom. The Balaban J connectivity index is 0.00000529. The van der Waals surface area contributed by atoms with Crippen molar-refractivity contribution in [2.75, 3.05) is 13.6 Å². The van der Waals surface area contributed by atoms with E-state index >= 15 is 0 Å². The normalized spacial score (nSPS) is 12.7. The first-order chi connectivity index (χ1) is 11.0. The van der Waals surface area contributed by atoms with Crippen LogP contribution in [0.3, 0.4) is 0 Å². The van der Waals surface area contributed by atoms with Gasteiger partial charge in [0.2, 0.25) is 0 Å². The number of rotatable bonds is 9. The van der Waals surface area contributed by atoms with E-state index in [1.54, 1.807) is 0 Å². The lowest BCUT2D eigenvalue weighted by Crippen LogP contribution is -2.39. The second-order valence-electron chi connectivity index (χ2n) is 6.38. The number of unbranched alkanes of at least 4 members (excludes halogenated alkanes) is 1. The number of halogens is 1. The molecule has 0 radical (unpaired) electrons. The summed E-state index contributed by atoms with van der Waals surface area (Å²) in [4.78, 5) is 4.35. The van der Waals surface area contributed by atoms with Crippen LogP contribution >= 0.6 is 24.0 Å². The molecule has 0 aliphatic carbocycles. The minimum Gasteiger partial charge on any atom is -0.356 e. The molecular weight excluding hydrogens is 413 g/mol. The maximum atomic E-state index is 4.46. The molecule has 1 heterocycles. The zero-order valence-corrected chi connectivity index (χ0v) is 18.6. The molecular formula is C18H36IN5. The summed E-state index contributed by atoms with van der Waals surface area (Å²) in [5, 5.41) is 11.4. The van der Waals surface area contributed by atoms with Gasteiger partial charge in [-0.1, -0.05) is 33.1 Å². The van der Waals surface area contributed by atoms with Crippen molar-refractivity contribution in [3.05, 3.63) is 17.0 Å². The average Bonchev–Trinajstić information content (AvgIpc) is 2.78. The quantitative estimate of drug-likeness (QED) is 0.341. The standard InChI is InChI=1S/C18H35N5.HI/c1-7-9-11-16(10-8-2)12-20-18(19-5)21-13-17-14(3)22-23(6)15(17)4;/h16H,7-13H2,1-6H3,(H2,19,20,21);1H. The van der Waals surface area contributed by atoms with Crippen LogP contribution in [0.2, 0.25) is 0 Å². The van der Waals surface area contributed by atoms with Gasteiger partial charge in [-0.2, -0.15) is 5.10 Å². The molecule has 0 amide bonds. The predicted octanol–water partition coefficient (Wildman–Crippen LogP) is 3.93. The van der Waals surface area contributed by atoms with Crippen LogP contribution in [0.1, 0.15) is 62.9 Å². The maximum absolute atomic E-state index is 4.46. The van der Waals surface area contributed by atoms with Gasteiger partial charge in [0.15, 0.2) is 5.96 Å². The van der Waals surface area contributed by atoms with Gasteiger partial charge in [-0.25, -0.2) is 0 Å². The van der Waals surface area contributed by atoms with Crippen molar-refractivity contribution in [2.24, 2.45) is 18.0 Å². The number of hydrogen-bond donors (Lipinski definition) is 2. The van der Waals surface area contributed by atoms with Crippen molar-refractivity contribution in [2.45, 2.75) is 66.3 Å². The molecule has 0 saturated heterocycles. The highest BCUT2D eigenvalue weighted by atomic mass is 127. The molecule has 0 bridgehead atoms. The van der Waals surface area contributed by atoms with Crippen LogP contribution in [0, 0.1) is 19.8 Å². The summed E-state index contributed by atoms with van der Waals surface area (Å²) < 4.78 is 1.94. The van der Waals surface area contributed by atoms with Gasteiger partial charge in [0.1, 0.15) is 0 Å². The fraction of sp³-hybridized carbons (Fsp3) is 0.778. The fourth-order valence-corrected chi connectivity index (χ4v) is 2.96. The van der Waals surface area contributed by atoms with Crippen LogP contribution in [-0.4, -0.2) is 29.3 Å². The molecule has 1 unspecified atom stereocenters.